The van der Waals surface area contributed by atoms with Crippen molar-refractivity contribution in [2.24, 2.45) is 5.92 Å². The summed E-state index contributed by atoms with van der Waals surface area (Å²) in [6, 6.07) is 3.73. The monoisotopic (exact) mass is 348 g/mol. The Morgan fingerprint density at radius 2 is 2.04 bits per heavy atom. The molecular weight excluding hydrogens is 320 g/mol. The Morgan fingerprint density at radius 1 is 1.32 bits per heavy atom. The van der Waals surface area contributed by atoms with Crippen LogP contribution in [-0.4, -0.2) is 77.1 Å². The van der Waals surface area contributed by atoms with Gasteiger partial charge >= 0.3 is 6.03 Å². The number of aliphatic hydroxyl groups excluding tert-OH is 1. The van der Waals surface area contributed by atoms with E-state index >= 15 is 0 Å². The van der Waals surface area contributed by atoms with E-state index in [1.54, 1.807) is 41.2 Å². The lowest BCUT2D eigenvalue weighted by Gasteiger charge is -2.36. The average Bonchev–Trinajstić information content (AvgIpc) is 2.64. The van der Waals surface area contributed by atoms with Gasteiger partial charge in [0.25, 0.3) is 0 Å². The fraction of sp³-hybridized carbons (Fsp3) is 0.611. The standard InChI is InChI=1S/C18H28N4O3/c1-20(2)18(25)22-10-3-5-16(14-22)17(24)21(11-4-12-23)13-15-6-8-19-9-7-15/h6-9,16,23H,3-5,10-14H2,1-2H3/t16-/m1/s1. The number of amides is 3. The van der Waals surface area contributed by atoms with Crippen LogP contribution in [0.15, 0.2) is 24.5 Å². The first-order valence-corrected chi connectivity index (χ1v) is 8.77. The lowest BCUT2D eigenvalue weighted by molar-refractivity contribution is -0.137. The van der Waals surface area contributed by atoms with E-state index in [9.17, 15) is 9.59 Å². The second kappa shape index (κ2) is 9.36. The molecule has 0 aromatic carbocycles. The van der Waals surface area contributed by atoms with Gasteiger partial charge in [-0.25, -0.2) is 4.79 Å². The van der Waals surface area contributed by atoms with Gasteiger partial charge in [-0.15, -0.1) is 0 Å². The Balaban J connectivity index is 2.05. The molecule has 3 amide bonds. The molecule has 0 unspecified atom stereocenters. The van der Waals surface area contributed by atoms with Crippen LogP contribution in [0.1, 0.15) is 24.8 Å². The molecule has 0 saturated carbocycles. The lowest BCUT2D eigenvalue weighted by atomic mass is 9.96. The maximum absolute atomic E-state index is 13.0. The van der Waals surface area contributed by atoms with Crippen LogP contribution < -0.4 is 0 Å². The van der Waals surface area contributed by atoms with Gasteiger partial charge in [0.1, 0.15) is 0 Å². The van der Waals surface area contributed by atoms with Crippen molar-refractivity contribution in [2.75, 3.05) is 40.3 Å². The minimum atomic E-state index is -0.182. The minimum absolute atomic E-state index is 0.0476. The summed E-state index contributed by atoms with van der Waals surface area (Å²) in [5.74, 6) is -0.125. The third-order valence-electron chi connectivity index (χ3n) is 4.44. The van der Waals surface area contributed by atoms with E-state index in [0.717, 1.165) is 18.4 Å². The predicted octanol–water partition coefficient (Wildman–Crippen LogP) is 1.19. The van der Waals surface area contributed by atoms with Crippen molar-refractivity contribution in [2.45, 2.75) is 25.8 Å². The molecule has 1 saturated heterocycles. The number of aromatic nitrogens is 1. The summed E-state index contributed by atoms with van der Waals surface area (Å²) in [7, 11) is 3.45. The smallest absolute Gasteiger partial charge is 0.319 e. The summed E-state index contributed by atoms with van der Waals surface area (Å²) in [6.45, 7) is 2.22. The highest BCUT2D eigenvalue weighted by Crippen LogP contribution is 2.21. The number of urea groups is 1. The van der Waals surface area contributed by atoms with Crippen molar-refractivity contribution in [3.8, 4) is 0 Å². The number of aliphatic hydroxyl groups is 1. The Bertz CT molecular complexity index is 565. The maximum atomic E-state index is 13.0. The zero-order valence-electron chi connectivity index (χ0n) is 15.1. The number of hydrogen-bond donors (Lipinski definition) is 1. The first-order valence-electron chi connectivity index (χ1n) is 8.77. The molecule has 0 bridgehead atoms. The molecule has 25 heavy (non-hydrogen) atoms. The quantitative estimate of drug-likeness (QED) is 0.838. The molecule has 1 atom stereocenters. The van der Waals surface area contributed by atoms with Crippen LogP contribution in [0.25, 0.3) is 0 Å². The van der Waals surface area contributed by atoms with Crippen LogP contribution >= 0.6 is 0 Å². The van der Waals surface area contributed by atoms with Crippen LogP contribution in [-0.2, 0) is 11.3 Å². The molecule has 1 aromatic heterocycles. The normalized spacial score (nSPS) is 17.2. The molecule has 1 N–H and O–H groups in total. The first-order chi connectivity index (χ1) is 12.0. The third kappa shape index (κ3) is 5.42. The molecule has 2 heterocycles. The van der Waals surface area contributed by atoms with Crippen LogP contribution in [0.2, 0.25) is 0 Å². The zero-order chi connectivity index (χ0) is 18.2. The van der Waals surface area contributed by atoms with Gasteiger partial charge in [0.05, 0.1) is 5.92 Å². The Morgan fingerprint density at radius 3 is 2.68 bits per heavy atom. The first kappa shape index (κ1) is 19.2. The van der Waals surface area contributed by atoms with Crippen molar-refractivity contribution in [3.63, 3.8) is 0 Å². The molecular formula is C18H28N4O3. The topological polar surface area (TPSA) is 77.0 Å². The Kier molecular flexibility index (Phi) is 7.18. The van der Waals surface area contributed by atoms with E-state index in [1.807, 2.05) is 12.1 Å². The fourth-order valence-electron chi connectivity index (χ4n) is 3.13. The summed E-state index contributed by atoms with van der Waals surface area (Å²) in [5, 5.41) is 9.14. The molecule has 1 aliphatic rings. The summed E-state index contributed by atoms with van der Waals surface area (Å²) in [6.07, 6.45) is 5.59. The largest absolute Gasteiger partial charge is 0.396 e. The van der Waals surface area contributed by atoms with E-state index in [-0.39, 0.29) is 24.5 Å². The molecule has 2 rings (SSSR count). The molecule has 1 aromatic rings. The lowest BCUT2D eigenvalue weighted by Crippen LogP contribution is -2.49. The van der Waals surface area contributed by atoms with Crippen molar-refractivity contribution < 1.29 is 14.7 Å². The van der Waals surface area contributed by atoms with E-state index in [1.165, 1.54) is 0 Å². The highest BCUT2D eigenvalue weighted by Gasteiger charge is 2.31. The maximum Gasteiger partial charge on any atom is 0.319 e. The number of rotatable bonds is 6. The van der Waals surface area contributed by atoms with Gasteiger partial charge in [0.2, 0.25) is 5.91 Å². The molecule has 138 valence electrons. The van der Waals surface area contributed by atoms with Gasteiger partial charge in [0, 0.05) is 59.3 Å². The van der Waals surface area contributed by atoms with Crippen molar-refractivity contribution >= 4 is 11.9 Å². The third-order valence-corrected chi connectivity index (χ3v) is 4.44. The van der Waals surface area contributed by atoms with Gasteiger partial charge in [-0.3, -0.25) is 9.78 Å². The SMILES string of the molecule is CN(C)C(=O)N1CCC[C@@H](C(=O)N(CCCO)Cc2ccncc2)C1. The summed E-state index contributed by atoms with van der Waals surface area (Å²) < 4.78 is 0. The Labute approximate surface area is 149 Å². The van der Waals surface area contributed by atoms with Crippen molar-refractivity contribution in [1.82, 2.24) is 19.7 Å². The van der Waals surface area contributed by atoms with Crippen molar-refractivity contribution in [1.29, 1.82) is 0 Å². The number of likely N-dealkylation sites (tertiary alicyclic amines) is 1. The van der Waals surface area contributed by atoms with Crippen LogP contribution in [0.3, 0.4) is 0 Å². The molecule has 0 spiro atoms. The molecule has 7 heteroatoms. The van der Waals surface area contributed by atoms with E-state index < -0.39 is 0 Å². The zero-order valence-corrected chi connectivity index (χ0v) is 15.1. The number of piperidine rings is 1. The molecule has 1 aliphatic heterocycles. The number of hydrogen-bond acceptors (Lipinski definition) is 4. The number of carbonyl (C=O) groups is 2. The van der Waals surface area contributed by atoms with Crippen LogP contribution in [0, 0.1) is 5.92 Å². The molecule has 0 radical (unpaired) electrons. The van der Waals surface area contributed by atoms with Crippen molar-refractivity contribution in [3.05, 3.63) is 30.1 Å². The number of nitrogens with zero attached hydrogens (tertiary/aromatic N) is 4. The van der Waals surface area contributed by atoms with Crippen LogP contribution in [0.5, 0.6) is 0 Å². The van der Waals surface area contributed by atoms with E-state index in [0.29, 0.717) is 32.6 Å². The van der Waals surface area contributed by atoms with Gasteiger partial charge < -0.3 is 19.8 Å². The molecule has 0 aliphatic carbocycles. The van der Waals surface area contributed by atoms with Gasteiger partial charge in [-0.05, 0) is 37.0 Å². The number of carbonyl (C=O) groups excluding carboxylic acids is 2. The van der Waals surface area contributed by atoms with E-state index in [4.69, 9.17) is 5.11 Å². The summed E-state index contributed by atoms with van der Waals surface area (Å²) in [4.78, 5) is 34.3. The summed E-state index contributed by atoms with van der Waals surface area (Å²) >= 11 is 0. The van der Waals surface area contributed by atoms with Crippen LogP contribution in [0.4, 0.5) is 4.79 Å². The minimum Gasteiger partial charge on any atom is -0.396 e. The predicted molar refractivity (Wildman–Crippen MR) is 94.7 cm³/mol. The molecule has 1 fully saturated rings. The van der Waals surface area contributed by atoms with Gasteiger partial charge in [-0.1, -0.05) is 0 Å². The average molecular weight is 348 g/mol. The van der Waals surface area contributed by atoms with E-state index in [2.05, 4.69) is 4.98 Å². The van der Waals surface area contributed by atoms with Gasteiger partial charge in [-0.2, -0.15) is 0 Å². The highest BCUT2D eigenvalue weighted by atomic mass is 16.3. The summed E-state index contributed by atoms with van der Waals surface area (Å²) in [5.41, 5.74) is 1.01. The second-order valence-corrected chi connectivity index (χ2v) is 6.65. The second-order valence-electron chi connectivity index (χ2n) is 6.65. The highest BCUT2D eigenvalue weighted by molar-refractivity contribution is 5.81. The Hall–Kier alpha value is -2.15. The number of pyridine rings is 1. The van der Waals surface area contributed by atoms with Gasteiger partial charge in [0.15, 0.2) is 0 Å². The fourth-order valence-corrected chi connectivity index (χ4v) is 3.13. The molecule has 7 nitrogen and oxygen atoms in total.